The molecule has 19 heavy (non-hydrogen) atoms. The Morgan fingerprint density at radius 2 is 2.05 bits per heavy atom. The van der Waals surface area contributed by atoms with Crippen LogP contribution in [0.4, 0.5) is 5.69 Å². The molecule has 0 saturated heterocycles. The van der Waals surface area contributed by atoms with E-state index < -0.39 is 0 Å². The van der Waals surface area contributed by atoms with Crippen molar-refractivity contribution in [3.05, 3.63) is 47.1 Å². The summed E-state index contributed by atoms with van der Waals surface area (Å²) in [5.74, 6) is 0.210. The van der Waals surface area contributed by atoms with Gasteiger partial charge in [0.05, 0.1) is 18.4 Å². The maximum atomic E-state index is 12.4. The number of ether oxygens (including phenoxy) is 1. The highest BCUT2D eigenvalue weighted by molar-refractivity contribution is 6.20. The molecule has 0 bridgehead atoms. The van der Waals surface area contributed by atoms with Crippen molar-refractivity contribution in [3.63, 3.8) is 0 Å². The van der Waals surface area contributed by atoms with E-state index in [-0.39, 0.29) is 11.7 Å². The number of hydrogen-bond donors (Lipinski definition) is 1. The number of fused-ring (bicyclic) bond motifs is 1. The fourth-order valence-electron chi connectivity index (χ4n) is 2.20. The third-order valence-electron chi connectivity index (χ3n) is 3.12. The zero-order chi connectivity index (χ0) is 14.2. The minimum atomic E-state index is -0.225. The number of Topliss-reactive ketones (excluding diaryl/α,β-unsaturated/α-hetero) is 1. The van der Waals surface area contributed by atoms with Gasteiger partial charge in [-0.3, -0.25) is 9.59 Å². The number of allylic oxidation sites excluding steroid dienone is 2. The second kappa shape index (κ2) is 4.72. The Bertz CT molecular complexity index is 626. The predicted molar refractivity (Wildman–Crippen MR) is 73.8 cm³/mol. The van der Waals surface area contributed by atoms with Gasteiger partial charge in [-0.25, -0.2) is 0 Å². The van der Waals surface area contributed by atoms with Crippen LogP contribution in [-0.4, -0.2) is 18.8 Å². The van der Waals surface area contributed by atoms with E-state index in [0.29, 0.717) is 28.1 Å². The zero-order valence-corrected chi connectivity index (χ0v) is 11.2. The molecule has 0 aromatic heterocycles. The lowest BCUT2D eigenvalue weighted by Gasteiger charge is -2.23. The van der Waals surface area contributed by atoms with Gasteiger partial charge in [-0.05, 0) is 13.0 Å². The Morgan fingerprint density at radius 1 is 1.37 bits per heavy atom. The van der Waals surface area contributed by atoms with Gasteiger partial charge in [0, 0.05) is 23.6 Å². The monoisotopic (exact) mass is 257 g/mol. The molecular weight excluding hydrogens is 242 g/mol. The number of anilines is 1. The van der Waals surface area contributed by atoms with Crippen LogP contribution in [0.25, 0.3) is 5.76 Å². The fraction of sp³-hybridized carbons (Fsp3) is 0.200. The van der Waals surface area contributed by atoms with Gasteiger partial charge in [0.25, 0.3) is 0 Å². The molecular formula is C15H15NO3. The summed E-state index contributed by atoms with van der Waals surface area (Å²) in [6, 6.07) is 5.27. The first-order chi connectivity index (χ1) is 8.97. The molecule has 98 valence electrons. The van der Waals surface area contributed by atoms with Crippen LogP contribution >= 0.6 is 0 Å². The number of hydrogen-bond acceptors (Lipinski definition) is 3. The van der Waals surface area contributed by atoms with Gasteiger partial charge in [-0.15, -0.1) is 0 Å². The largest absolute Gasteiger partial charge is 0.496 e. The molecule has 4 heteroatoms. The topological polar surface area (TPSA) is 55.4 Å². The van der Waals surface area contributed by atoms with Crippen molar-refractivity contribution in [2.75, 3.05) is 12.4 Å². The molecule has 0 fully saturated rings. The van der Waals surface area contributed by atoms with E-state index in [1.165, 1.54) is 6.92 Å². The van der Waals surface area contributed by atoms with Crippen LogP contribution in [-0.2, 0) is 9.53 Å². The van der Waals surface area contributed by atoms with Gasteiger partial charge in [-0.1, -0.05) is 18.7 Å². The number of ketones is 1. The highest BCUT2D eigenvalue weighted by Gasteiger charge is 2.29. The van der Waals surface area contributed by atoms with Gasteiger partial charge in [0.2, 0.25) is 5.91 Å². The molecule has 0 saturated carbocycles. The molecule has 4 nitrogen and oxygen atoms in total. The van der Waals surface area contributed by atoms with Crippen molar-refractivity contribution in [3.8, 4) is 0 Å². The Kier molecular flexibility index (Phi) is 3.25. The van der Waals surface area contributed by atoms with Crippen molar-refractivity contribution < 1.29 is 14.3 Å². The summed E-state index contributed by atoms with van der Waals surface area (Å²) in [4.78, 5) is 23.6. The lowest BCUT2D eigenvalue weighted by atomic mass is 9.86. The molecule has 1 amide bonds. The molecule has 1 aliphatic carbocycles. The summed E-state index contributed by atoms with van der Waals surface area (Å²) in [6.07, 6.45) is 0. The second-order valence-corrected chi connectivity index (χ2v) is 4.38. The quantitative estimate of drug-likeness (QED) is 0.829. The lowest BCUT2D eigenvalue weighted by molar-refractivity contribution is -0.114. The maximum Gasteiger partial charge on any atom is 0.221 e. The summed E-state index contributed by atoms with van der Waals surface area (Å²) < 4.78 is 5.36. The van der Waals surface area contributed by atoms with Gasteiger partial charge in [0.1, 0.15) is 5.76 Å². The molecule has 1 N–H and O–H groups in total. The Morgan fingerprint density at radius 3 is 2.63 bits per heavy atom. The molecule has 1 aliphatic rings. The third-order valence-corrected chi connectivity index (χ3v) is 3.12. The zero-order valence-electron chi connectivity index (χ0n) is 11.2. The van der Waals surface area contributed by atoms with E-state index in [0.717, 1.165) is 5.57 Å². The van der Waals surface area contributed by atoms with Crippen molar-refractivity contribution in [2.24, 2.45) is 0 Å². The van der Waals surface area contributed by atoms with E-state index in [4.69, 9.17) is 4.74 Å². The third kappa shape index (κ3) is 2.05. The van der Waals surface area contributed by atoms with Crippen LogP contribution in [0, 0.1) is 0 Å². The fourth-order valence-corrected chi connectivity index (χ4v) is 2.20. The Hall–Kier alpha value is -2.36. The lowest BCUT2D eigenvalue weighted by Crippen LogP contribution is -2.18. The van der Waals surface area contributed by atoms with E-state index >= 15 is 0 Å². The molecule has 0 unspecified atom stereocenters. The number of rotatable bonds is 2. The summed E-state index contributed by atoms with van der Waals surface area (Å²) in [5, 5.41) is 2.66. The normalized spacial score (nSPS) is 14.3. The Labute approximate surface area is 111 Å². The molecule has 0 radical (unpaired) electrons. The number of carbonyl (C=O) groups excluding carboxylic acids is 2. The highest BCUT2D eigenvalue weighted by Crippen LogP contribution is 2.37. The van der Waals surface area contributed by atoms with E-state index in [9.17, 15) is 9.59 Å². The average Bonchev–Trinajstić information content (AvgIpc) is 2.36. The number of benzene rings is 1. The second-order valence-electron chi connectivity index (χ2n) is 4.38. The van der Waals surface area contributed by atoms with Crippen molar-refractivity contribution >= 4 is 23.1 Å². The van der Waals surface area contributed by atoms with Crippen molar-refractivity contribution in [1.82, 2.24) is 0 Å². The minimum absolute atomic E-state index is 0.183. The summed E-state index contributed by atoms with van der Waals surface area (Å²) >= 11 is 0. The molecule has 2 rings (SSSR count). The standard InChI is InChI=1S/C15H15NO3/c1-8-9(2)15(19-4)11-6-5-7-12(16-10(3)17)13(11)14(8)18/h5-7H,1H2,2-4H3,(H,16,17). The maximum absolute atomic E-state index is 12.4. The van der Waals surface area contributed by atoms with E-state index in [2.05, 4.69) is 11.9 Å². The van der Waals surface area contributed by atoms with Crippen LogP contribution in [0.5, 0.6) is 0 Å². The highest BCUT2D eigenvalue weighted by atomic mass is 16.5. The molecule has 0 atom stereocenters. The van der Waals surface area contributed by atoms with Crippen LogP contribution < -0.4 is 5.32 Å². The Balaban J connectivity index is 2.72. The SMILES string of the molecule is C=C1C(=O)c2c(NC(C)=O)cccc2C(OC)=C1C. The van der Waals surface area contributed by atoms with Crippen molar-refractivity contribution in [2.45, 2.75) is 13.8 Å². The van der Waals surface area contributed by atoms with Crippen LogP contribution in [0.3, 0.4) is 0 Å². The number of carbonyl (C=O) groups is 2. The van der Waals surface area contributed by atoms with Gasteiger partial charge >= 0.3 is 0 Å². The van der Waals surface area contributed by atoms with Crippen LogP contribution in [0.2, 0.25) is 0 Å². The predicted octanol–water partition coefficient (Wildman–Crippen LogP) is 2.77. The summed E-state index contributed by atoms with van der Waals surface area (Å²) in [5.41, 5.74) is 2.72. The van der Waals surface area contributed by atoms with E-state index in [1.54, 1.807) is 32.2 Å². The van der Waals surface area contributed by atoms with Gasteiger partial charge in [-0.2, -0.15) is 0 Å². The molecule has 0 spiro atoms. The first-order valence-electron chi connectivity index (χ1n) is 5.87. The smallest absolute Gasteiger partial charge is 0.221 e. The molecule has 1 aromatic rings. The molecule has 1 aromatic carbocycles. The minimum Gasteiger partial charge on any atom is -0.496 e. The van der Waals surface area contributed by atoms with Crippen LogP contribution in [0.1, 0.15) is 29.8 Å². The summed E-state index contributed by atoms with van der Waals surface area (Å²) in [6.45, 7) is 6.99. The van der Waals surface area contributed by atoms with E-state index in [1.807, 2.05) is 0 Å². The van der Waals surface area contributed by atoms with Gasteiger partial charge < -0.3 is 10.1 Å². The number of methoxy groups -OCH3 is 1. The first-order valence-corrected chi connectivity index (χ1v) is 5.87. The number of nitrogens with one attached hydrogen (secondary N) is 1. The first kappa shape index (κ1) is 13.1. The summed E-state index contributed by atoms with van der Waals surface area (Å²) in [7, 11) is 1.55. The van der Waals surface area contributed by atoms with Crippen molar-refractivity contribution in [1.29, 1.82) is 0 Å². The number of amides is 1. The average molecular weight is 257 g/mol. The molecule has 0 aliphatic heterocycles. The van der Waals surface area contributed by atoms with Crippen LogP contribution in [0.15, 0.2) is 35.9 Å². The van der Waals surface area contributed by atoms with Gasteiger partial charge in [0.15, 0.2) is 5.78 Å². The molecule has 0 heterocycles.